The van der Waals surface area contributed by atoms with Crippen LogP contribution < -0.4 is 0 Å². The van der Waals surface area contributed by atoms with Gasteiger partial charge in [0.25, 0.3) is 0 Å². The molecule has 1 N–H and O–H groups in total. The maximum Gasteiger partial charge on any atom is 0.141 e. The lowest BCUT2D eigenvalue weighted by Gasteiger charge is -2.07. The zero-order valence-electron chi connectivity index (χ0n) is 10.5. The number of hydrogen-bond donors (Lipinski definition) is 1. The van der Waals surface area contributed by atoms with Crippen LogP contribution in [0.5, 0.6) is 5.75 Å². The SMILES string of the molecule is CCn1c(-c2cccc(O)c2)nc2cccc(Cl)c21. The van der Waals surface area contributed by atoms with E-state index in [0.29, 0.717) is 5.02 Å². The molecule has 0 atom stereocenters. The summed E-state index contributed by atoms with van der Waals surface area (Å²) in [6.07, 6.45) is 0. The number of benzene rings is 2. The average molecular weight is 273 g/mol. The molecule has 1 heterocycles. The molecule has 0 saturated heterocycles. The third-order valence-corrected chi connectivity index (χ3v) is 3.44. The number of aromatic nitrogens is 2. The molecule has 96 valence electrons. The van der Waals surface area contributed by atoms with Crippen molar-refractivity contribution in [3.63, 3.8) is 0 Å². The predicted octanol–water partition coefficient (Wildman–Crippen LogP) is 4.08. The number of hydrogen-bond acceptors (Lipinski definition) is 2. The Morgan fingerprint density at radius 3 is 2.74 bits per heavy atom. The van der Waals surface area contributed by atoms with Crippen LogP contribution in [0.15, 0.2) is 42.5 Å². The molecule has 4 heteroatoms. The lowest BCUT2D eigenvalue weighted by atomic mass is 10.2. The standard InChI is InChI=1S/C15H13ClN2O/c1-2-18-14-12(16)7-4-8-13(14)17-15(18)10-5-3-6-11(19)9-10/h3-9,19H,2H2,1H3. The average Bonchev–Trinajstić information content (AvgIpc) is 2.78. The van der Waals surface area contributed by atoms with Crippen LogP contribution in [0.3, 0.4) is 0 Å². The second kappa shape index (κ2) is 4.59. The zero-order chi connectivity index (χ0) is 13.4. The number of fused-ring (bicyclic) bond motifs is 1. The van der Waals surface area contributed by atoms with Crippen LogP contribution in [0.1, 0.15) is 6.92 Å². The van der Waals surface area contributed by atoms with Gasteiger partial charge in [-0.3, -0.25) is 0 Å². The third-order valence-electron chi connectivity index (χ3n) is 3.14. The van der Waals surface area contributed by atoms with Crippen LogP contribution in [0.4, 0.5) is 0 Å². The summed E-state index contributed by atoms with van der Waals surface area (Å²) in [6.45, 7) is 2.82. The normalized spacial score (nSPS) is 11.1. The molecular weight excluding hydrogens is 260 g/mol. The summed E-state index contributed by atoms with van der Waals surface area (Å²) in [4.78, 5) is 4.62. The summed E-state index contributed by atoms with van der Waals surface area (Å²) in [5.74, 6) is 1.06. The summed E-state index contributed by atoms with van der Waals surface area (Å²) in [7, 11) is 0. The van der Waals surface area contributed by atoms with E-state index in [9.17, 15) is 5.11 Å². The van der Waals surface area contributed by atoms with Crippen molar-refractivity contribution >= 4 is 22.6 Å². The molecule has 3 aromatic rings. The fourth-order valence-electron chi connectivity index (χ4n) is 2.31. The first-order valence-electron chi connectivity index (χ1n) is 6.15. The van der Waals surface area contributed by atoms with E-state index in [0.717, 1.165) is 29.0 Å². The van der Waals surface area contributed by atoms with Crippen LogP contribution in [-0.4, -0.2) is 14.7 Å². The van der Waals surface area contributed by atoms with Crippen molar-refractivity contribution in [2.24, 2.45) is 0 Å². The molecule has 0 amide bonds. The van der Waals surface area contributed by atoms with E-state index in [1.807, 2.05) is 30.3 Å². The van der Waals surface area contributed by atoms with Gasteiger partial charge in [-0.25, -0.2) is 4.98 Å². The first kappa shape index (κ1) is 12.1. The Morgan fingerprint density at radius 2 is 2.00 bits per heavy atom. The molecule has 0 aliphatic carbocycles. The van der Waals surface area contributed by atoms with Gasteiger partial charge in [0.05, 0.1) is 16.1 Å². The summed E-state index contributed by atoms with van der Waals surface area (Å²) in [5.41, 5.74) is 2.69. The molecule has 0 fully saturated rings. The molecular formula is C15H13ClN2O. The molecule has 3 rings (SSSR count). The number of rotatable bonds is 2. The highest BCUT2D eigenvalue weighted by atomic mass is 35.5. The minimum absolute atomic E-state index is 0.235. The number of aromatic hydroxyl groups is 1. The van der Waals surface area contributed by atoms with Crippen LogP contribution in [-0.2, 0) is 6.54 Å². The first-order chi connectivity index (χ1) is 9.20. The van der Waals surface area contributed by atoms with Crippen molar-refractivity contribution in [2.75, 3.05) is 0 Å². The fourth-order valence-corrected chi connectivity index (χ4v) is 2.59. The van der Waals surface area contributed by atoms with Crippen molar-refractivity contribution in [1.29, 1.82) is 0 Å². The molecule has 19 heavy (non-hydrogen) atoms. The molecule has 0 unspecified atom stereocenters. The van der Waals surface area contributed by atoms with Crippen LogP contribution in [0.2, 0.25) is 5.02 Å². The fraction of sp³-hybridized carbons (Fsp3) is 0.133. The highest BCUT2D eigenvalue weighted by Gasteiger charge is 2.13. The van der Waals surface area contributed by atoms with E-state index in [1.54, 1.807) is 12.1 Å². The van der Waals surface area contributed by atoms with E-state index in [-0.39, 0.29) is 5.75 Å². The van der Waals surface area contributed by atoms with Crippen LogP contribution in [0, 0.1) is 0 Å². The van der Waals surface area contributed by atoms with Gasteiger partial charge in [-0.05, 0) is 31.2 Å². The first-order valence-corrected chi connectivity index (χ1v) is 6.52. The van der Waals surface area contributed by atoms with Gasteiger partial charge in [-0.1, -0.05) is 29.8 Å². The lowest BCUT2D eigenvalue weighted by Crippen LogP contribution is -1.97. The topological polar surface area (TPSA) is 38.0 Å². The number of aryl methyl sites for hydroxylation is 1. The Balaban J connectivity index is 2.33. The Morgan fingerprint density at radius 1 is 1.21 bits per heavy atom. The molecule has 3 nitrogen and oxygen atoms in total. The van der Waals surface area contributed by atoms with Gasteiger partial charge in [0.1, 0.15) is 11.6 Å². The molecule has 0 radical (unpaired) electrons. The van der Waals surface area contributed by atoms with Crippen molar-refractivity contribution in [1.82, 2.24) is 9.55 Å². The minimum Gasteiger partial charge on any atom is -0.508 e. The van der Waals surface area contributed by atoms with Crippen molar-refractivity contribution in [3.05, 3.63) is 47.5 Å². The van der Waals surface area contributed by atoms with E-state index in [2.05, 4.69) is 16.5 Å². The summed E-state index contributed by atoms with van der Waals surface area (Å²) in [5, 5.41) is 10.3. The molecule has 1 aromatic heterocycles. The van der Waals surface area contributed by atoms with Gasteiger partial charge in [0.2, 0.25) is 0 Å². The molecule has 0 aliphatic heterocycles. The van der Waals surface area contributed by atoms with Crippen molar-refractivity contribution in [2.45, 2.75) is 13.5 Å². The van der Waals surface area contributed by atoms with Gasteiger partial charge in [0, 0.05) is 12.1 Å². The van der Waals surface area contributed by atoms with E-state index in [4.69, 9.17) is 11.6 Å². The number of halogens is 1. The van der Waals surface area contributed by atoms with Crippen LogP contribution >= 0.6 is 11.6 Å². The Bertz CT molecular complexity index is 749. The summed E-state index contributed by atoms with van der Waals surface area (Å²) < 4.78 is 2.06. The smallest absolute Gasteiger partial charge is 0.141 e. The second-order valence-corrected chi connectivity index (χ2v) is 4.74. The largest absolute Gasteiger partial charge is 0.508 e. The zero-order valence-corrected chi connectivity index (χ0v) is 11.2. The van der Waals surface area contributed by atoms with Crippen LogP contribution in [0.25, 0.3) is 22.4 Å². The number of imidazole rings is 1. The molecule has 0 aliphatic rings. The summed E-state index contributed by atoms with van der Waals surface area (Å²) >= 11 is 6.26. The van der Waals surface area contributed by atoms with Gasteiger partial charge in [-0.2, -0.15) is 0 Å². The molecule has 0 spiro atoms. The lowest BCUT2D eigenvalue weighted by molar-refractivity contribution is 0.475. The van der Waals surface area contributed by atoms with Gasteiger partial charge >= 0.3 is 0 Å². The van der Waals surface area contributed by atoms with E-state index in [1.165, 1.54) is 0 Å². The minimum atomic E-state index is 0.235. The Labute approximate surface area is 116 Å². The molecule has 0 bridgehead atoms. The second-order valence-electron chi connectivity index (χ2n) is 4.34. The monoisotopic (exact) mass is 272 g/mol. The number of phenols is 1. The summed E-state index contributed by atoms with van der Waals surface area (Å²) in [6, 6.07) is 12.8. The Hall–Kier alpha value is -2.00. The van der Waals surface area contributed by atoms with E-state index >= 15 is 0 Å². The maximum atomic E-state index is 9.60. The van der Waals surface area contributed by atoms with Gasteiger partial charge < -0.3 is 9.67 Å². The predicted molar refractivity (Wildman–Crippen MR) is 77.5 cm³/mol. The number of nitrogens with zero attached hydrogens (tertiary/aromatic N) is 2. The third kappa shape index (κ3) is 1.96. The van der Waals surface area contributed by atoms with Crippen molar-refractivity contribution < 1.29 is 5.11 Å². The highest BCUT2D eigenvalue weighted by Crippen LogP contribution is 2.30. The quantitative estimate of drug-likeness (QED) is 0.763. The van der Waals surface area contributed by atoms with Gasteiger partial charge in [0.15, 0.2) is 0 Å². The van der Waals surface area contributed by atoms with Gasteiger partial charge in [-0.15, -0.1) is 0 Å². The van der Waals surface area contributed by atoms with E-state index < -0.39 is 0 Å². The molecule has 2 aromatic carbocycles. The van der Waals surface area contributed by atoms with Crippen molar-refractivity contribution in [3.8, 4) is 17.1 Å². The number of phenolic OH excluding ortho intramolecular Hbond substituents is 1. The highest BCUT2D eigenvalue weighted by molar-refractivity contribution is 6.35. The maximum absolute atomic E-state index is 9.60. The Kier molecular flexibility index (Phi) is 2.91. The number of para-hydroxylation sites is 1. The molecule has 0 saturated carbocycles.